The first kappa shape index (κ1) is 17.3. The van der Waals surface area contributed by atoms with E-state index in [4.69, 9.17) is 4.74 Å². The topological polar surface area (TPSA) is 26.3 Å². The average Bonchev–Trinajstić information content (AvgIpc) is 2.55. The third kappa shape index (κ3) is 4.22. The van der Waals surface area contributed by atoms with Crippen molar-refractivity contribution in [2.24, 2.45) is 5.41 Å². The van der Waals surface area contributed by atoms with E-state index in [1.165, 1.54) is 16.7 Å². The predicted octanol–water partition coefficient (Wildman–Crippen LogP) is 5.70. The van der Waals surface area contributed by atoms with Crippen LogP contribution in [-0.4, -0.2) is 5.97 Å². The molecule has 0 spiro atoms. The van der Waals surface area contributed by atoms with E-state index >= 15 is 0 Å². The molecular weight excluding hydrogens is 284 g/mol. The van der Waals surface area contributed by atoms with Gasteiger partial charge in [-0.2, -0.15) is 0 Å². The molecule has 0 N–H and O–H groups in total. The summed E-state index contributed by atoms with van der Waals surface area (Å²) in [5, 5.41) is 0. The van der Waals surface area contributed by atoms with Gasteiger partial charge in [0.25, 0.3) is 0 Å². The smallest absolute Gasteiger partial charge is 0.312 e. The van der Waals surface area contributed by atoms with Crippen molar-refractivity contribution in [3.8, 4) is 11.1 Å². The van der Waals surface area contributed by atoms with Crippen LogP contribution in [0.2, 0.25) is 0 Å². The summed E-state index contributed by atoms with van der Waals surface area (Å²) in [6.45, 7) is 9.85. The summed E-state index contributed by atoms with van der Waals surface area (Å²) < 4.78 is 5.61. The Morgan fingerprint density at radius 1 is 1.00 bits per heavy atom. The van der Waals surface area contributed by atoms with Gasteiger partial charge in [-0.3, -0.25) is 4.79 Å². The summed E-state index contributed by atoms with van der Waals surface area (Å²) in [4.78, 5) is 12.2. The summed E-state index contributed by atoms with van der Waals surface area (Å²) in [5.74, 6) is -0.143. The lowest BCUT2D eigenvalue weighted by Gasteiger charge is -2.23. The molecule has 0 saturated heterocycles. The van der Waals surface area contributed by atoms with Crippen LogP contribution in [0.1, 0.15) is 51.3 Å². The molecule has 2 nitrogen and oxygen atoms in total. The van der Waals surface area contributed by atoms with Crippen LogP contribution in [0.3, 0.4) is 0 Å². The van der Waals surface area contributed by atoms with E-state index in [2.05, 4.69) is 43.3 Å². The second-order valence-electron chi connectivity index (χ2n) is 6.77. The maximum Gasteiger partial charge on any atom is 0.312 e. The first-order valence-electron chi connectivity index (χ1n) is 8.21. The lowest BCUT2D eigenvalue weighted by atomic mass is 9.90. The van der Waals surface area contributed by atoms with Crippen LogP contribution >= 0.6 is 0 Å². The maximum absolute atomic E-state index is 12.2. The van der Waals surface area contributed by atoms with Crippen LogP contribution < -0.4 is 0 Å². The minimum Gasteiger partial charge on any atom is -0.457 e. The molecule has 0 bridgehead atoms. The highest BCUT2D eigenvalue weighted by Gasteiger charge is 2.28. The molecule has 0 aliphatic carbocycles. The molecular formula is C21H26O2. The van der Waals surface area contributed by atoms with E-state index in [1.54, 1.807) is 0 Å². The van der Waals surface area contributed by atoms with Gasteiger partial charge < -0.3 is 4.74 Å². The number of ether oxygens (including phenoxy) is 1. The van der Waals surface area contributed by atoms with Gasteiger partial charge in [0.15, 0.2) is 0 Å². The highest BCUT2D eigenvalue weighted by Crippen LogP contribution is 2.28. The molecule has 2 heteroatoms. The quantitative estimate of drug-likeness (QED) is 0.662. The van der Waals surface area contributed by atoms with Crippen LogP contribution in [-0.2, 0) is 9.53 Å². The molecule has 2 aromatic carbocycles. The Hall–Kier alpha value is -2.09. The number of esters is 1. The van der Waals surface area contributed by atoms with Gasteiger partial charge in [-0.15, -0.1) is 0 Å². The second kappa shape index (κ2) is 6.99. The fourth-order valence-electron chi connectivity index (χ4n) is 2.23. The summed E-state index contributed by atoms with van der Waals surface area (Å²) in [5.41, 5.74) is 4.20. The van der Waals surface area contributed by atoms with Crippen LogP contribution in [0.15, 0.2) is 48.5 Å². The Morgan fingerprint density at radius 2 is 1.48 bits per heavy atom. The minimum atomic E-state index is -0.434. The van der Waals surface area contributed by atoms with Crippen molar-refractivity contribution in [1.29, 1.82) is 0 Å². The van der Waals surface area contributed by atoms with Crippen LogP contribution in [0.5, 0.6) is 0 Å². The molecule has 0 aliphatic heterocycles. The first-order chi connectivity index (χ1) is 10.8. The molecule has 0 aliphatic rings. The zero-order valence-electron chi connectivity index (χ0n) is 14.7. The zero-order chi connectivity index (χ0) is 17.0. The van der Waals surface area contributed by atoms with Crippen molar-refractivity contribution in [3.63, 3.8) is 0 Å². The summed E-state index contributed by atoms with van der Waals surface area (Å²) in [6.07, 6.45) is 0.533. The molecule has 1 atom stereocenters. The Bertz CT molecular complexity index is 651. The Morgan fingerprint density at radius 3 is 1.96 bits per heavy atom. The SMILES string of the molecule is CCC(C)(C)C(=O)OC(C)c1ccc(-c2ccc(C)cc2)cc1. The molecule has 23 heavy (non-hydrogen) atoms. The number of carbonyl (C=O) groups excluding carboxylic acids is 1. The van der Waals surface area contributed by atoms with E-state index in [1.807, 2.05) is 39.8 Å². The Balaban J connectivity index is 2.10. The molecule has 0 heterocycles. The highest BCUT2D eigenvalue weighted by molar-refractivity contribution is 5.76. The highest BCUT2D eigenvalue weighted by atomic mass is 16.5. The van der Waals surface area contributed by atoms with Gasteiger partial charge in [0.1, 0.15) is 6.10 Å². The van der Waals surface area contributed by atoms with Gasteiger partial charge in [0.05, 0.1) is 5.41 Å². The minimum absolute atomic E-state index is 0.143. The number of hydrogen-bond acceptors (Lipinski definition) is 2. The number of aryl methyl sites for hydroxylation is 1. The molecule has 0 radical (unpaired) electrons. The van der Waals surface area contributed by atoms with E-state index in [9.17, 15) is 4.79 Å². The van der Waals surface area contributed by atoms with Crippen molar-refractivity contribution in [3.05, 3.63) is 59.7 Å². The summed E-state index contributed by atoms with van der Waals surface area (Å²) >= 11 is 0. The molecule has 0 saturated carbocycles. The number of hydrogen-bond donors (Lipinski definition) is 0. The van der Waals surface area contributed by atoms with Gasteiger partial charge in [-0.1, -0.05) is 61.0 Å². The second-order valence-corrected chi connectivity index (χ2v) is 6.77. The standard InChI is InChI=1S/C21H26O2/c1-6-21(4,5)20(22)23-16(3)17-11-13-19(14-12-17)18-9-7-15(2)8-10-18/h7-14,16H,6H2,1-5H3. The molecule has 0 fully saturated rings. The third-order valence-electron chi connectivity index (χ3n) is 4.49. The van der Waals surface area contributed by atoms with E-state index in [-0.39, 0.29) is 12.1 Å². The van der Waals surface area contributed by atoms with Gasteiger partial charge in [0.2, 0.25) is 0 Å². The zero-order valence-corrected chi connectivity index (χ0v) is 14.7. The first-order valence-corrected chi connectivity index (χ1v) is 8.21. The number of rotatable bonds is 5. The van der Waals surface area contributed by atoms with E-state index < -0.39 is 5.41 Å². The number of benzene rings is 2. The fraction of sp³-hybridized carbons (Fsp3) is 0.381. The van der Waals surface area contributed by atoms with Crippen LogP contribution in [0, 0.1) is 12.3 Å². The van der Waals surface area contributed by atoms with Crippen molar-refractivity contribution >= 4 is 5.97 Å². The van der Waals surface area contributed by atoms with Gasteiger partial charge in [0, 0.05) is 0 Å². The van der Waals surface area contributed by atoms with Crippen molar-refractivity contribution in [1.82, 2.24) is 0 Å². The van der Waals surface area contributed by atoms with Gasteiger partial charge in [-0.25, -0.2) is 0 Å². The van der Waals surface area contributed by atoms with Crippen LogP contribution in [0.25, 0.3) is 11.1 Å². The molecule has 122 valence electrons. The molecule has 0 amide bonds. The van der Waals surface area contributed by atoms with Gasteiger partial charge >= 0.3 is 5.97 Å². The van der Waals surface area contributed by atoms with Crippen molar-refractivity contribution in [2.45, 2.75) is 47.1 Å². The monoisotopic (exact) mass is 310 g/mol. The normalized spacial score (nSPS) is 12.7. The number of carbonyl (C=O) groups is 1. The largest absolute Gasteiger partial charge is 0.457 e. The van der Waals surface area contributed by atoms with Crippen molar-refractivity contribution < 1.29 is 9.53 Å². The molecule has 2 rings (SSSR count). The predicted molar refractivity (Wildman–Crippen MR) is 95.2 cm³/mol. The molecule has 1 unspecified atom stereocenters. The fourth-order valence-corrected chi connectivity index (χ4v) is 2.23. The Labute approximate surface area is 139 Å². The summed E-state index contributed by atoms with van der Waals surface area (Å²) in [7, 11) is 0. The Kier molecular flexibility index (Phi) is 5.25. The maximum atomic E-state index is 12.2. The average molecular weight is 310 g/mol. The molecule has 0 aromatic heterocycles. The van der Waals surface area contributed by atoms with Crippen LogP contribution in [0.4, 0.5) is 0 Å². The lowest BCUT2D eigenvalue weighted by molar-refractivity contribution is -0.159. The van der Waals surface area contributed by atoms with E-state index in [0.717, 1.165) is 12.0 Å². The van der Waals surface area contributed by atoms with Gasteiger partial charge in [-0.05, 0) is 50.8 Å². The van der Waals surface area contributed by atoms with E-state index in [0.29, 0.717) is 0 Å². The lowest BCUT2D eigenvalue weighted by Crippen LogP contribution is -2.26. The van der Waals surface area contributed by atoms with Crippen molar-refractivity contribution in [2.75, 3.05) is 0 Å². The molecule has 2 aromatic rings. The third-order valence-corrected chi connectivity index (χ3v) is 4.49. The summed E-state index contributed by atoms with van der Waals surface area (Å²) in [6, 6.07) is 16.7.